The van der Waals surface area contributed by atoms with Gasteiger partial charge in [0, 0.05) is 13.2 Å². The number of nitrogens with two attached hydrogens (primary N) is 1. The lowest BCUT2D eigenvalue weighted by Gasteiger charge is -2.13. The van der Waals surface area contributed by atoms with Gasteiger partial charge >= 0.3 is 0 Å². The van der Waals surface area contributed by atoms with Crippen LogP contribution in [0, 0.1) is 0 Å². The lowest BCUT2D eigenvalue weighted by molar-refractivity contribution is 0.760. The van der Waals surface area contributed by atoms with Gasteiger partial charge in [-0.1, -0.05) is 30.3 Å². The molecule has 0 aliphatic rings. The first-order chi connectivity index (χ1) is 7.66. The Bertz CT molecular complexity index is 461. The highest BCUT2D eigenvalue weighted by Gasteiger charge is 2.09. The molecule has 1 unspecified atom stereocenters. The van der Waals surface area contributed by atoms with Gasteiger partial charge in [0.15, 0.2) is 5.82 Å². The van der Waals surface area contributed by atoms with E-state index in [2.05, 4.69) is 29.5 Å². The molecule has 2 aromatic rings. The number of hydrogen-bond donors (Lipinski definition) is 2. The van der Waals surface area contributed by atoms with Gasteiger partial charge in [0.1, 0.15) is 0 Å². The lowest BCUT2D eigenvalue weighted by atomic mass is 10.1. The Labute approximate surface area is 95.1 Å². The molecule has 0 amide bonds. The van der Waals surface area contributed by atoms with E-state index >= 15 is 0 Å². The minimum absolute atomic E-state index is 0.193. The molecule has 1 atom stereocenters. The van der Waals surface area contributed by atoms with E-state index in [0.29, 0.717) is 5.69 Å². The molecule has 0 bridgehead atoms. The molecule has 0 spiro atoms. The Morgan fingerprint density at radius 2 is 2.00 bits per heavy atom. The number of benzene rings is 1. The third kappa shape index (κ3) is 2.16. The summed E-state index contributed by atoms with van der Waals surface area (Å²) in [4.78, 5) is 0. The zero-order valence-electron chi connectivity index (χ0n) is 9.51. The first-order valence-electron chi connectivity index (χ1n) is 5.27. The maximum absolute atomic E-state index is 5.82. The molecule has 2 rings (SSSR count). The van der Waals surface area contributed by atoms with Gasteiger partial charge in [-0.05, 0) is 12.5 Å². The second kappa shape index (κ2) is 4.26. The average Bonchev–Trinajstić information content (AvgIpc) is 2.59. The van der Waals surface area contributed by atoms with Gasteiger partial charge in [0.2, 0.25) is 0 Å². The molecule has 0 radical (unpaired) electrons. The summed E-state index contributed by atoms with van der Waals surface area (Å²) >= 11 is 0. The molecule has 0 saturated carbocycles. The second-order valence-corrected chi connectivity index (χ2v) is 3.88. The number of hydrogen-bond acceptors (Lipinski definition) is 3. The van der Waals surface area contributed by atoms with E-state index in [-0.39, 0.29) is 6.04 Å². The van der Waals surface area contributed by atoms with Crippen LogP contribution >= 0.6 is 0 Å². The van der Waals surface area contributed by atoms with E-state index in [0.717, 1.165) is 5.82 Å². The largest absolute Gasteiger partial charge is 0.394 e. The van der Waals surface area contributed by atoms with E-state index in [1.54, 1.807) is 10.9 Å². The van der Waals surface area contributed by atoms with Gasteiger partial charge in [0.25, 0.3) is 0 Å². The summed E-state index contributed by atoms with van der Waals surface area (Å²) < 4.78 is 1.70. The van der Waals surface area contributed by atoms with Crippen molar-refractivity contribution in [3.63, 3.8) is 0 Å². The number of nitrogens with one attached hydrogen (secondary N) is 1. The summed E-state index contributed by atoms with van der Waals surface area (Å²) in [6, 6.07) is 10.4. The molecule has 4 heteroatoms. The minimum atomic E-state index is 0.193. The number of rotatable bonds is 3. The minimum Gasteiger partial charge on any atom is -0.394 e. The van der Waals surface area contributed by atoms with Gasteiger partial charge in [-0.2, -0.15) is 5.10 Å². The van der Waals surface area contributed by atoms with Crippen LogP contribution in [-0.4, -0.2) is 9.78 Å². The van der Waals surface area contributed by atoms with Gasteiger partial charge in [0.05, 0.1) is 11.7 Å². The van der Waals surface area contributed by atoms with Crippen LogP contribution in [0.3, 0.4) is 0 Å². The van der Waals surface area contributed by atoms with Gasteiger partial charge < -0.3 is 11.1 Å². The summed E-state index contributed by atoms with van der Waals surface area (Å²) in [7, 11) is 1.86. The second-order valence-electron chi connectivity index (χ2n) is 3.88. The van der Waals surface area contributed by atoms with Crippen molar-refractivity contribution in [2.45, 2.75) is 13.0 Å². The number of nitrogens with zero attached hydrogens (tertiary/aromatic N) is 2. The van der Waals surface area contributed by atoms with Crippen molar-refractivity contribution in [3.8, 4) is 0 Å². The fourth-order valence-electron chi connectivity index (χ4n) is 1.65. The number of nitrogen functional groups attached to an aromatic ring is 1. The maximum atomic E-state index is 5.82. The van der Waals surface area contributed by atoms with Crippen molar-refractivity contribution >= 4 is 11.5 Å². The highest BCUT2D eigenvalue weighted by molar-refractivity contribution is 5.60. The Hall–Kier alpha value is -1.97. The van der Waals surface area contributed by atoms with Crippen LogP contribution < -0.4 is 11.1 Å². The fraction of sp³-hybridized carbons (Fsp3) is 0.250. The number of aromatic nitrogens is 2. The van der Waals surface area contributed by atoms with Crippen molar-refractivity contribution in [1.82, 2.24) is 9.78 Å². The highest BCUT2D eigenvalue weighted by atomic mass is 15.3. The molecule has 1 aromatic carbocycles. The van der Waals surface area contributed by atoms with Gasteiger partial charge in [-0.15, -0.1) is 0 Å². The molecule has 0 aliphatic heterocycles. The number of aryl methyl sites for hydroxylation is 1. The van der Waals surface area contributed by atoms with Crippen LogP contribution in [0.2, 0.25) is 0 Å². The van der Waals surface area contributed by atoms with Crippen LogP contribution in [0.4, 0.5) is 11.5 Å². The Morgan fingerprint density at radius 3 is 2.56 bits per heavy atom. The molecule has 0 fully saturated rings. The van der Waals surface area contributed by atoms with Crippen molar-refractivity contribution in [2.75, 3.05) is 11.1 Å². The van der Waals surface area contributed by atoms with Crippen molar-refractivity contribution in [3.05, 3.63) is 42.1 Å². The molecule has 16 heavy (non-hydrogen) atoms. The first kappa shape index (κ1) is 10.5. The predicted octanol–water partition coefficient (Wildman–Crippen LogP) is 2.18. The molecule has 0 aliphatic carbocycles. The average molecular weight is 216 g/mol. The van der Waals surface area contributed by atoms with Crippen molar-refractivity contribution in [1.29, 1.82) is 0 Å². The third-order valence-electron chi connectivity index (χ3n) is 2.51. The standard InChI is InChI=1S/C12H16N4/c1-9(10-6-4-3-5-7-10)14-12-11(13)8-16(2)15-12/h3-9H,13H2,1-2H3,(H,14,15). The van der Waals surface area contributed by atoms with Gasteiger partial charge in [-0.3, -0.25) is 4.68 Å². The summed E-state index contributed by atoms with van der Waals surface area (Å²) in [5, 5.41) is 7.55. The molecular formula is C12H16N4. The van der Waals surface area contributed by atoms with Gasteiger partial charge in [-0.25, -0.2) is 0 Å². The fourth-order valence-corrected chi connectivity index (χ4v) is 1.65. The molecule has 3 N–H and O–H groups in total. The highest BCUT2D eigenvalue weighted by Crippen LogP contribution is 2.21. The smallest absolute Gasteiger partial charge is 0.171 e. The Balaban J connectivity index is 2.14. The molecule has 1 heterocycles. The van der Waals surface area contributed by atoms with Crippen LogP contribution in [0.5, 0.6) is 0 Å². The molecular weight excluding hydrogens is 200 g/mol. The predicted molar refractivity (Wildman–Crippen MR) is 66.1 cm³/mol. The Morgan fingerprint density at radius 1 is 1.31 bits per heavy atom. The SMILES string of the molecule is CC(Nc1nn(C)cc1N)c1ccccc1. The summed E-state index contributed by atoms with van der Waals surface area (Å²) in [5.74, 6) is 0.735. The van der Waals surface area contributed by atoms with E-state index in [9.17, 15) is 0 Å². The first-order valence-corrected chi connectivity index (χ1v) is 5.27. The topological polar surface area (TPSA) is 55.9 Å². The summed E-state index contributed by atoms with van der Waals surface area (Å²) in [6.45, 7) is 2.09. The zero-order valence-corrected chi connectivity index (χ0v) is 9.51. The van der Waals surface area contributed by atoms with E-state index < -0.39 is 0 Å². The van der Waals surface area contributed by atoms with Crippen LogP contribution in [-0.2, 0) is 7.05 Å². The molecule has 84 valence electrons. The van der Waals surface area contributed by atoms with E-state index in [1.165, 1.54) is 5.56 Å². The van der Waals surface area contributed by atoms with E-state index in [4.69, 9.17) is 5.73 Å². The van der Waals surface area contributed by atoms with Crippen LogP contribution in [0.25, 0.3) is 0 Å². The van der Waals surface area contributed by atoms with Crippen LogP contribution in [0.15, 0.2) is 36.5 Å². The molecule has 1 aromatic heterocycles. The van der Waals surface area contributed by atoms with Crippen molar-refractivity contribution in [2.24, 2.45) is 7.05 Å². The van der Waals surface area contributed by atoms with Crippen molar-refractivity contribution < 1.29 is 0 Å². The number of anilines is 2. The monoisotopic (exact) mass is 216 g/mol. The lowest BCUT2D eigenvalue weighted by Crippen LogP contribution is -2.08. The van der Waals surface area contributed by atoms with E-state index in [1.807, 2.05) is 25.2 Å². The summed E-state index contributed by atoms with van der Waals surface area (Å²) in [6.07, 6.45) is 1.79. The zero-order chi connectivity index (χ0) is 11.5. The van der Waals surface area contributed by atoms with Crippen LogP contribution in [0.1, 0.15) is 18.5 Å². The Kier molecular flexibility index (Phi) is 2.81. The normalized spacial score (nSPS) is 12.4. The maximum Gasteiger partial charge on any atom is 0.171 e. The molecule has 4 nitrogen and oxygen atoms in total. The quantitative estimate of drug-likeness (QED) is 0.826. The molecule has 0 saturated heterocycles. The summed E-state index contributed by atoms with van der Waals surface area (Å²) in [5.41, 5.74) is 7.71. The third-order valence-corrected chi connectivity index (χ3v) is 2.51.